The summed E-state index contributed by atoms with van der Waals surface area (Å²) in [5, 5.41) is 9.25. The Balaban J connectivity index is 3.86. The van der Waals surface area contributed by atoms with Crippen LogP contribution < -0.4 is 0 Å². The summed E-state index contributed by atoms with van der Waals surface area (Å²) in [6.07, 6.45) is 0.413. The maximum atomic E-state index is 9.25. The second kappa shape index (κ2) is 9.01. The molecule has 0 spiro atoms. The van der Waals surface area contributed by atoms with Crippen molar-refractivity contribution < 1.29 is 14.6 Å². The minimum absolute atomic E-state index is 0.341. The van der Waals surface area contributed by atoms with Crippen LogP contribution in [0.1, 0.15) is 33.6 Å². The van der Waals surface area contributed by atoms with E-state index in [9.17, 15) is 5.11 Å². The van der Waals surface area contributed by atoms with E-state index in [2.05, 4.69) is 11.8 Å². The number of aliphatic hydroxyl groups is 1. The number of hydrogen-bond acceptors (Lipinski definition) is 3. The summed E-state index contributed by atoms with van der Waals surface area (Å²) in [6.45, 7) is 6.88. The Morgan fingerprint density at radius 1 is 1.14 bits per heavy atom. The van der Waals surface area contributed by atoms with Crippen molar-refractivity contribution in [2.24, 2.45) is 0 Å². The molecule has 1 atom stereocenters. The Hall–Kier alpha value is -0.560. The van der Waals surface area contributed by atoms with Crippen LogP contribution in [0.25, 0.3) is 0 Å². The molecule has 0 bridgehead atoms. The monoisotopic (exact) mass is 200 g/mol. The van der Waals surface area contributed by atoms with Crippen molar-refractivity contribution >= 4 is 0 Å². The van der Waals surface area contributed by atoms with Gasteiger partial charge in [-0.3, -0.25) is 0 Å². The molecule has 0 saturated carbocycles. The second-order valence-corrected chi connectivity index (χ2v) is 2.83. The highest BCUT2D eigenvalue weighted by atomic mass is 16.7. The molecule has 0 fully saturated rings. The Morgan fingerprint density at radius 2 is 1.71 bits per heavy atom. The summed E-state index contributed by atoms with van der Waals surface area (Å²) < 4.78 is 10.4. The lowest BCUT2D eigenvalue weighted by Crippen LogP contribution is -2.15. The standard InChI is InChI=1S/C11H20O3/c1-4-10(12)8-7-9-11(13-5-2)14-6-3/h10-12H,4-6,8H2,1-3H3. The molecule has 0 aromatic carbocycles. The van der Waals surface area contributed by atoms with Gasteiger partial charge in [-0.1, -0.05) is 12.8 Å². The first-order chi connectivity index (χ1) is 6.74. The molecule has 14 heavy (non-hydrogen) atoms. The summed E-state index contributed by atoms with van der Waals surface area (Å²) in [7, 11) is 0. The molecule has 3 nitrogen and oxygen atoms in total. The molecule has 1 N–H and O–H groups in total. The summed E-state index contributed by atoms with van der Waals surface area (Å²) in [6, 6.07) is 0. The van der Waals surface area contributed by atoms with Crippen molar-refractivity contribution in [3.63, 3.8) is 0 Å². The summed E-state index contributed by atoms with van der Waals surface area (Å²) >= 11 is 0. The van der Waals surface area contributed by atoms with Gasteiger partial charge in [0.2, 0.25) is 6.29 Å². The Bertz CT molecular complexity index is 175. The predicted molar refractivity (Wildman–Crippen MR) is 55.7 cm³/mol. The van der Waals surface area contributed by atoms with Crippen LogP contribution in [0.3, 0.4) is 0 Å². The third-order valence-corrected chi connectivity index (χ3v) is 1.66. The highest BCUT2D eigenvalue weighted by Crippen LogP contribution is 1.96. The molecule has 0 amide bonds. The highest BCUT2D eigenvalue weighted by Gasteiger charge is 2.02. The van der Waals surface area contributed by atoms with Crippen LogP contribution in [-0.4, -0.2) is 30.7 Å². The van der Waals surface area contributed by atoms with E-state index in [1.54, 1.807) is 0 Å². The van der Waals surface area contributed by atoms with E-state index in [4.69, 9.17) is 9.47 Å². The first kappa shape index (κ1) is 13.4. The number of ether oxygens (including phenoxy) is 2. The lowest BCUT2D eigenvalue weighted by molar-refractivity contribution is -0.0970. The Morgan fingerprint density at radius 3 is 2.14 bits per heavy atom. The molecule has 0 aliphatic rings. The largest absolute Gasteiger partial charge is 0.392 e. The van der Waals surface area contributed by atoms with Gasteiger partial charge in [-0.15, -0.1) is 0 Å². The lowest BCUT2D eigenvalue weighted by atomic mass is 10.2. The molecule has 0 aliphatic heterocycles. The van der Waals surface area contributed by atoms with Crippen LogP contribution in [0.2, 0.25) is 0 Å². The minimum atomic E-state index is -0.450. The number of aliphatic hydroxyl groups excluding tert-OH is 1. The van der Waals surface area contributed by atoms with E-state index in [1.807, 2.05) is 20.8 Å². The topological polar surface area (TPSA) is 38.7 Å². The normalized spacial score (nSPS) is 12.4. The second-order valence-electron chi connectivity index (χ2n) is 2.83. The van der Waals surface area contributed by atoms with E-state index in [0.29, 0.717) is 19.6 Å². The van der Waals surface area contributed by atoms with Gasteiger partial charge in [0.1, 0.15) is 0 Å². The van der Waals surface area contributed by atoms with Gasteiger partial charge in [0, 0.05) is 19.6 Å². The Labute approximate surface area is 86.4 Å². The predicted octanol–water partition coefficient (Wildman–Crippen LogP) is 1.55. The minimum Gasteiger partial charge on any atom is -0.392 e. The van der Waals surface area contributed by atoms with Crippen LogP contribution in [0.4, 0.5) is 0 Å². The molecular formula is C11H20O3. The number of rotatable bonds is 6. The van der Waals surface area contributed by atoms with Crippen LogP contribution in [0.5, 0.6) is 0 Å². The smallest absolute Gasteiger partial charge is 0.222 e. The Kier molecular flexibility index (Phi) is 8.65. The van der Waals surface area contributed by atoms with E-state index in [1.165, 1.54) is 0 Å². The van der Waals surface area contributed by atoms with E-state index in [-0.39, 0.29) is 6.10 Å². The van der Waals surface area contributed by atoms with Gasteiger partial charge < -0.3 is 14.6 Å². The van der Waals surface area contributed by atoms with Crippen molar-refractivity contribution in [1.82, 2.24) is 0 Å². The third kappa shape index (κ3) is 6.90. The van der Waals surface area contributed by atoms with Gasteiger partial charge in [-0.25, -0.2) is 0 Å². The van der Waals surface area contributed by atoms with Crippen molar-refractivity contribution in [2.45, 2.75) is 46.0 Å². The molecule has 0 heterocycles. The van der Waals surface area contributed by atoms with Gasteiger partial charge in [-0.2, -0.15) is 0 Å². The van der Waals surface area contributed by atoms with Crippen molar-refractivity contribution in [1.29, 1.82) is 0 Å². The summed E-state index contributed by atoms with van der Waals surface area (Å²) in [5.41, 5.74) is 0. The van der Waals surface area contributed by atoms with Crippen molar-refractivity contribution in [3.8, 4) is 11.8 Å². The van der Waals surface area contributed by atoms with Crippen LogP contribution in [0.15, 0.2) is 0 Å². The molecule has 82 valence electrons. The molecule has 0 aromatic heterocycles. The fourth-order valence-corrected chi connectivity index (χ4v) is 0.839. The lowest BCUT2D eigenvalue weighted by Gasteiger charge is -2.09. The molecule has 0 radical (unpaired) electrons. The SMILES string of the molecule is CCOC(C#CCC(O)CC)OCC. The average Bonchev–Trinajstić information content (AvgIpc) is 2.18. The summed E-state index contributed by atoms with van der Waals surface area (Å²) in [5.74, 6) is 5.69. The fraction of sp³-hybridized carbons (Fsp3) is 0.818. The van der Waals surface area contributed by atoms with Gasteiger partial charge in [0.05, 0.1) is 6.10 Å². The summed E-state index contributed by atoms with van der Waals surface area (Å²) in [4.78, 5) is 0. The highest BCUT2D eigenvalue weighted by molar-refractivity contribution is 5.03. The maximum Gasteiger partial charge on any atom is 0.222 e. The maximum absolute atomic E-state index is 9.25. The molecule has 3 heteroatoms. The molecule has 1 unspecified atom stereocenters. The molecule has 0 aliphatic carbocycles. The first-order valence-corrected chi connectivity index (χ1v) is 5.14. The zero-order valence-corrected chi connectivity index (χ0v) is 9.25. The van der Waals surface area contributed by atoms with E-state index >= 15 is 0 Å². The van der Waals surface area contributed by atoms with E-state index in [0.717, 1.165) is 6.42 Å². The van der Waals surface area contributed by atoms with Crippen molar-refractivity contribution in [2.75, 3.05) is 13.2 Å². The van der Waals surface area contributed by atoms with Crippen LogP contribution in [-0.2, 0) is 9.47 Å². The third-order valence-electron chi connectivity index (χ3n) is 1.66. The number of hydrogen-bond donors (Lipinski definition) is 1. The fourth-order valence-electron chi connectivity index (χ4n) is 0.839. The van der Waals surface area contributed by atoms with Gasteiger partial charge in [-0.05, 0) is 26.2 Å². The van der Waals surface area contributed by atoms with Gasteiger partial charge in [0.25, 0.3) is 0 Å². The zero-order chi connectivity index (χ0) is 10.8. The average molecular weight is 200 g/mol. The first-order valence-electron chi connectivity index (χ1n) is 5.14. The van der Waals surface area contributed by atoms with Gasteiger partial charge >= 0.3 is 0 Å². The van der Waals surface area contributed by atoms with Crippen LogP contribution >= 0.6 is 0 Å². The van der Waals surface area contributed by atoms with Crippen LogP contribution in [0, 0.1) is 11.8 Å². The molecule has 0 rings (SSSR count). The quantitative estimate of drug-likeness (QED) is 0.522. The zero-order valence-electron chi connectivity index (χ0n) is 9.25. The van der Waals surface area contributed by atoms with Crippen molar-refractivity contribution in [3.05, 3.63) is 0 Å². The van der Waals surface area contributed by atoms with E-state index < -0.39 is 6.29 Å². The molecular weight excluding hydrogens is 180 g/mol. The molecule has 0 saturated heterocycles. The molecule has 0 aromatic rings. The van der Waals surface area contributed by atoms with Gasteiger partial charge in [0.15, 0.2) is 0 Å².